The summed E-state index contributed by atoms with van der Waals surface area (Å²) in [4.78, 5) is 35.9. The highest BCUT2D eigenvalue weighted by Crippen LogP contribution is 2.38. The zero-order chi connectivity index (χ0) is 24.4. The minimum absolute atomic E-state index is 0.0822. The molecule has 33 heavy (non-hydrogen) atoms. The Labute approximate surface area is 195 Å². The Kier molecular flexibility index (Phi) is 7.31. The lowest BCUT2D eigenvalue weighted by molar-refractivity contribution is -0.132. The number of aromatic nitrogens is 2. The van der Waals surface area contributed by atoms with Crippen LogP contribution in [0.25, 0.3) is 0 Å². The first-order chi connectivity index (χ1) is 15.5. The van der Waals surface area contributed by atoms with Crippen molar-refractivity contribution in [3.8, 4) is 0 Å². The van der Waals surface area contributed by atoms with E-state index in [0.29, 0.717) is 5.69 Å². The van der Waals surface area contributed by atoms with Crippen LogP contribution in [0.2, 0.25) is 0 Å². The third-order valence-electron chi connectivity index (χ3n) is 6.08. The van der Waals surface area contributed by atoms with Crippen LogP contribution in [-0.2, 0) is 15.1 Å². The normalized spacial score (nSPS) is 18.8. The molecule has 0 aliphatic heterocycles. The van der Waals surface area contributed by atoms with Gasteiger partial charge in [-0.3, -0.25) is 14.5 Å². The summed E-state index contributed by atoms with van der Waals surface area (Å²) in [5.41, 5.74) is -2.44. The lowest BCUT2D eigenvalue weighted by Gasteiger charge is -2.42. The second-order valence-electron chi connectivity index (χ2n) is 8.51. The van der Waals surface area contributed by atoms with Gasteiger partial charge in [0.2, 0.25) is 5.92 Å². The monoisotopic (exact) mass is 482 g/mol. The summed E-state index contributed by atoms with van der Waals surface area (Å²) < 4.78 is 41.4. The number of aryl methyl sites for hydroxylation is 2. The van der Waals surface area contributed by atoms with Crippen LogP contribution in [0.1, 0.15) is 49.4 Å². The largest absolute Gasteiger partial charge is 0.351 e. The highest BCUT2D eigenvalue weighted by Gasteiger charge is 2.49. The van der Waals surface area contributed by atoms with E-state index in [1.807, 2.05) is 6.92 Å². The number of halogens is 4. The molecule has 1 heterocycles. The first kappa shape index (κ1) is 25.0. The Bertz CT molecular complexity index is 1010. The van der Waals surface area contributed by atoms with Crippen molar-refractivity contribution in [3.63, 3.8) is 0 Å². The lowest BCUT2D eigenvalue weighted by Crippen LogP contribution is -2.60. The predicted molar refractivity (Wildman–Crippen MR) is 119 cm³/mol. The van der Waals surface area contributed by atoms with E-state index in [9.17, 15) is 22.8 Å². The van der Waals surface area contributed by atoms with Crippen LogP contribution in [0.4, 0.5) is 18.9 Å². The van der Waals surface area contributed by atoms with Crippen LogP contribution in [0.5, 0.6) is 0 Å². The molecule has 0 spiro atoms. The molecule has 2 amide bonds. The SMILES string of the molecule is Cc1ccc(N(C(=O)[C@H](F)Cl)[C@](C)(C(=O)NC2CCC(F)(F)CC2)c2cncnc2C)cc1. The fourth-order valence-electron chi connectivity index (χ4n) is 4.12. The fraction of sp³-hybridized carbons (Fsp3) is 0.478. The second-order valence-corrected chi connectivity index (χ2v) is 8.89. The van der Waals surface area contributed by atoms with Gasteiger partial charge in [0.1, 0.15) is 6.33 Å². The summed E-state index contributed by atoms with van der Waals surface area (Å²) in [6, 6.07) is 6.07. The molecule has 0 bridgehead atoms. The van der Waals surface area contributed by atoms with Gasteiger partial charge < -0.3 is 5.32 Å². The Morgan fingerprint density at radius 3 is 2.36 bits per heavy atom. The van der Waals surface area contributed by atoms with Crippen molar-refractivity contribution in [3.05, 3.63) is 53.6 Å². The van der Waals surface area contributed by atoms with Gasteiger partial charge in [-0.05, 0) is 45.7 Å². The van der Waals surface area contributed by atoms with Crippen molar-refractivity contribution < 1.29 is 22.8 Å². The van der Waals surface area contributed by atoms with Gasteiger partial charge in [-0.1, -0.05) is 29.3 Å². The first-order valence-corrected chi connectivity index (χ1v) is 11.0. The molecule has 1 aromatic carbocycles. The van der Waals surface area contributed by atoms with E-state index in [1.165, 1.54) is 19.4 Å². The average Bonchev–Trinajstić information content (AvgIpc) is 2.76. The fourth-order valence-corrected chi connectivity index (χ4v) is 4.22. The molecule has 10 heteroatoms. The molecule has 6 nitrogen and oxygen atoms in total. The molecule has 0 saturated heterocycles. The minimum Gasteiger partial charge on any atom is -0.351 e. The quantitative estimate of drug-likeness (QED) is 0.612. The number of carbonyl (C=O) groups is 2. The van der Waals surface area contributed by atoms with Crippen LogP contribution >= 0.6 is 11.6 Å². The Morgan fingerprint density at radius 1 is 1.21 bits per heavy atom. The molecule has 0 unspecified atom stereocenters. The second kappa shape index (κ2) is 9.67. The Hall–Kier alpha value is -2.68. The van der Waals surface area contributed by atoms with Crippen molar-refractivity contribution >= 4 is 29.1 Å². The molecule has 1 fully saturated rings. The Morgan fingerprint density at radius 2 is 1.82 bits per heavy atom. The number of anilines is 1. The first-order valence-electron chi connectivity index (χ1n) is 10.6. The number of hydrogen-bond donors (Lipinski definition) is 1. The van der Waals surface area contributed by atoms with Gasteiger partial charge in [-0.2, -0.15) is 0 Å². The van der Waals surface area contributed by atoms with E-state index >= 15 is 0 Å². The highest BCUT2D eigenvalue weighted by atomic mass is 35.5. The zero-order valence-electron chi connectivity index (χ0n) is 18.6. The molecule has 1 aliphatic rings. The molecule has 178 valence electrons. The van der Waals surface area contributed by atoms with Crippen molar-refractivity contribution in [2.75, 3.05) is 4.90 Å². The van der Waals surface area contributed by atoms with Gasteiger partial charge in [0, 0.05) is 42.0 Å². The van der Waals surface area contributed by atoms with Crippen molar-refractivity contribution in [1.29, 1.82) is 0 Å². The highest BCUT2D eigenvalue weighted by molar-refractivity contribution is 6.32. The van der Waals surface area contributed by atoms with Crippen molar-refractivity contribution in [1.82, 2.24) is 15.3 Å². The van der Waals surface area contributed by atoms with Gasteiger partial charge in [0.15, 0.2) is 5.54 Å². The van der Waals surface area contributed by atoms with E-state index in [1.54, 1.807) is 31.2 Å². The molecule has 1 saturated carbocycles. The summed E-state index contributed by atoms with van der Waals surface area (Å²) in [6.07, 6.45) is 2.14. The molecule has 3 rings (SSSR count). The molecule has 1 aromatic heterocycles. The average molecular weight is 483 g/mol. The van der Waals surface area contributed by atoms with Gasteiger partial charge in [-0.25, -0.2) is 23.1 Å². The number of nitrogens with zero attached hydrogens (tertiary/aromatic N) is 3. The van der Waals surface area contributed by atoms with Crippen LogP contribution in [0.15, 0.2) is 36.8 Å². The molecular formula is C23H26ClF3N4O2. The summed E-state index contributed by atoms with van der Waals surface area (Å²) in [5.74, 6) is -4.57. The van der Waals surface area contributed by atoms with Crippen LogP contribution in [0, 0.1) is 13.8 Å². The standard InChI is InChI=1S/C23H26ClF3N4O2/c1-14-4-6-17(7-5-14)31(20(32)19(24)25)22(3,18-12-28-13-29-15(18)2)21(33)30-16-8-10-23(26,27)11-9-16/h4-7,12-13,16,19H,8-11H2,1-3H3,(H,30,33)/t19-,22-/m0/s1. The summed E-state index contributed by atoms with van der Waals surface area (Å²) in [6.45, 7) is 4.92. The van der Waals surface area contributed by atoms with Crippen molar-refractivity contribution in [2.24, 2.45) is 0 Å². The molecule has 2 atom stereocenters. The number of benzene rings is 1. The molecule has 1 aliphatic carbocycles. The molecule has 0 radical (unpaired) electrons. The van der Waals surface area contributed by atoms with Gasteiger partial charge >= 0.3 is 0 Å². The maximum atomic E-state index is 14.2. The predicted octanol–water partition coefficient (Wildman–Crippen LogP) is 4.57. The molecule has 2 aromatic rings. The summed E-state index contributed by atoms with van der Waals surface area (Å²) in [5, 5.41) is 2.79. The van der Waals surface area contributed by atoms with Gasteiger partial charge in [0.05, 0.1) is 0 Å². The topological polar surface area (TPSA) is 75.2 Å². The van der Waals surface area contributed by atoms with Gasteiger partial charge in [-0.15, -0.1) is 0 Å². The van der Waals surface area contributed by atoms with Crippen LogP contribution < -0.4 is 10.2 Å². The number of nitrogens with one attached hydrogen (secondary N) is 1. The Balaban J connectivity index is 2.10. The molecule has 1 N–H and O–H groups in total. The van der Waals surface area contributed by atoms with Crippen LogP contribution in [0.3, 0.4) is 0 Å². The smallest absolute Gasteiger partial charge is 0.278 e. The maximum Gasteiger partial charge on any atom is 0.278 e. The maximum absolute atomic E-state index is 14.2. The van der Waals surface area contributed by atoms with Gasteiger partial charge in [0.25, 0.3) is 17.4 Å². The summed E-state index contributed by atoms with van der Waals surface area (Å²) in [7, 11) is 0. The number of carbonyl (C=O) groups excluding carboxylic acids is 2. The number of alkyl halides is 4. The van der Waals surface area contributed by atoms with E-state index in [-0.39, 0.29) is 36.9 Å². The van der Waals surface area contributed by atoms with E-state index in [4.69, 9.17) is 11.6 Å². The van der Waals surface area contributed by atoms with E-state index in [0.717, 1.165) is 10.5 Å². The zero-order valence-corrected chi connectivity index (χ0v) is 19.4. The minimum atomic E-state index is -2.77. The van der Waals surface area contributed by atoms with E-state index in [2.05, 4.69) is 15.3 Å². The van der Waals surface area contributed by atoms with E-state index < -0.39 is 34.9 Å². The van der Waals surface area contributed by atoms with Crippen LogP contribution in [-0.4, -0.2) is 39.4 Å². The third-order valence-corrected chi connectivity index (χ3v) is 6.26. The van der Waals surface area contributed by atoms with Crippen molar-refractivity contribution in [2.45, 2.75) is 69.6 Å². The summed E-state index contributed by atoms with van der Waals surface area (Å²) >= 11 is 5.56. The number of rotatable bonds is 6. The number of amides is 2. The molecular weight excluding hydrogens is 457 g/mol. The number of hydrogen-bond acceptors (Lipinski definition) is 4. The third kappa shape index (κ3) is 5.29. The lowest BCUT2D eigenvalue weighted by atomic mass is 9.86.